The summed E-state index contributed by atoms with van der Waals surface area (Å²) in [5, 5.41) is 3.16. The molecule has 1 aliphatic heterocycles. The SMILES string of the molecule is CN(C)Cc1ccc(CSCCN=C2CC(=O)C(Cc3cccnc3)=CN2)o1. The number of aliphatic imine (C=N–C) groups is 1. The van der Waals surface area contributed by atoms with Crippen molar-refractivity contribution in [2.24, 2.45) is 4.99 Å². The summed E-state index contributed by atoms with van der Waals surface area (Å²) in [4.78, 5) is 23.0. The Labute approximate surface area is 170 Å². The standard InChI is InChI=1S/C21H26N4O2S/c1-25(2)14-18-5-6-19(27-18)15-28-9-8-23-21-11-20(26)17(13-24-21)10-16-4-3-7-22-12-16/h3-7,12-13H,8-11,14-15H2,1-2H3,(H,23,24). The number of thioether (sulfide) groups is 1. The van der Waals surface area contributed by atoms with Crippen LogP contribution >= 0.6 is 11.8 Å². The molecule has 0 fully saturated rings. The van der Waals surface area contributed by atoms with Gasteiger partial charge < -0.3 is 14.6 Å². The number of allylic oxidation sites excluding steroid dienone is 1. The molecular formula is C21H26N4O2S. The second-order valence-corrected chi connectivity index (χ2v) is 8.04. The van der Waals surface area contributed by atoms with Gasteiger partial charge in [0.1, 0.15) is 17.4 Å². The molecule has 0 saturated carbocycles. The molecule has 3 heterocycles. The number of furan rings is 1. The molecule has 0 saturated heterocycles. The predicted octanol–water partition coefficient (Wildman–Crippen LogP) is 3.06. The number of amidine groups is 1. The molecule has 2 aromatic heterocycles. The van der Waals surface area contributed by atoms with Crippen LogP contribution in [-0.2, 0) is 23.5 Å². The van der Waals surface area contributed by atoms with Crippen LogP contribution in [-0.4, -0.2) is 47.9 Å². The lowest BCUT2D eigenvalue weighted by Crippen LogP contribution is -2.29. The molecule has 0 bridgehead atoms. The molecule has 28 heavy (non-hydrogen) atoms. The van der Waals surface area contributed by atoms with Gasteiger partial charge in [-0.3, -0.25) is 14.8 Å². The smallest absolute Gasteiger partial charge is 0.168 e. The van der Waals surface area contributed by atoms with Crippen molar-refractivity contribution in [3.8, 4) is 0 Å². The van der Waals surface area contributed by atoms with Crippen LogP contribution in [0.25, 0.3) is 0 Å². The zero-order chi connectivity index (χ0) is 19.8. The van der Waals surface area contributed by atoms with Gasteiger partial charge in [-0.15, -0.1) is 0 Å². The van der Waals surface area contributed by atoms with Gasteiger partial charge in [-0.2, -0.15) is 11.8 Å². The summed E-state index contributed by atoms with van der Waals surface area (Å²) < 4.78 is 5.80. The van der Waals surface area contributed by atoms with E-state index in [2.05, 4.69) is 20.2 Å². The second-order valence-electron chi connectivity index (χ2n) is 6.94. The average Bonchev–Trinajstić information content (AvgIpc) is 3.11. The van der Waals surface area contributed by atoms with Crippen molar-refractivity contribution >= 4 is 23.4 Å². The van der Waals surface area contributed by atoms with Crippen LogP contribution in [0.1, 0.15) is 23.5 Å². The van der Waals surface area contributed by atoms with Crippen molar-refractivity contribution in [2.75, 3.05) is 26.4 Å². The van der Waals surface area contributed by atoms with Crippen LogP contribution in [0.15, 0.2) is 57.8 Å². The highest BCUT2D eigenvalue weighted by atomic mass is 32.2. The number of aromatic nitrogens is 1. The Kier molecular flexibility index (Phi) is 7.45. The number of pyridine rings is 1. The summed E-state index contributed by atoms with van der Waals surface area (Å²) in [7, 11) is 4.05. The summed E-state index contributed by atoms with van der Waals surface area (Å²) in [5.41, 5.74) is 1.81. The number of nitrogens with zero attached hydrogens (tertiary/aromatic N) is 3. The van der Waals surface area contributed by atoms with E-state index in [1.165, 1.54) is 0 Å². The Morgan fingerprint density at radius 2 is 2.14 bits per heavy atom. The Morgan fingerprint density at radius 1 is 1.29 bits per heavy atom. The number of Topliss-reactive ketones (excluding diaryl/α,β-unsaturated/α-hetero) is 1. The zero-order valence-corrected chi connectivity index (χ0v) is 17.2. The van der Waals surface area contributed by atoms with E-state index < -0.39 is 0 Å². The first-order valence-corrected chi connectivity index (χ1v) is 10.5. The molecule has 0 aliphatic carbocycles. The van der Waals surface area contributed by atoms with Gasteiger partial charge in [0.25, 0.3) is 0 Å². The van der Waals surface area contributed by atoms with Gasteiger partial charge in [0.05, 0.1) is 25.3 Å². The maximum absolute atomic E-state index is 12.3. The lowest BCUT2D eigenvalue weighted by Gasteiger charge is -2.15. The predicted molar refractivity (Wildman–Crippen MR) is 113 cm³/mol. The number of hydrogen-bond acceptors (Lipinski definition) is 6. The van der Waals surface area contributed by atoms with Crippen LogP contribution in [0.3, 0.4) is 0 Å². The molecule has 2 aromatic rings. The number of carbonyl (C=O) groups excluding carboxylic acids is 1. The molecule has 3 rings (SSSR count). The highest BCUT2D eigenvalue weighted by molar-refractivity contribution is 7.98. The monoisotopic (exact) mass is 398 g/mol. The van der Waals surface area contributed by atoms with Crippen molar-refractivity contribution < 1.29 is 9.21 Å². The van der Waals surface area contributed by atoms with E-state index in [4.69, 9.17) is 4.42 Å². The van der Waals surface area contributed by atoms with Crippen molar-refractivity contribution in [2.45, 2.75) is 25.1 Å². The largest absolute Gasteiger partial charge is 0.464 e. The van der Waals surface area contributed by atoms with Crippen LogP contribution in [0.5, 0.6) is 0 Å². The fourth-order valence-electron chi connectivity index (χ4n) is 2.86. The molecule has 1 aliphatic rings. The Balaban J connectivity index is 1.39. The number of ketones is 1. The Morgan fingerprint density at radius 3 is 2.89 bits per heavy atom. The maximum atomic E-state index is 12.3. The van der Waals surface area contributed by atoms with E-state index in [-0.39, 0.29) is 5.78 Å². The fourth-order valence-corrected chi connectivity index (χ4v) is 3.58. The third-order valence-electron chi connectivity index (χ3n) is 4.19. The van der Waals surface area contributed by atoms with E-state index in [9.17, 15) is 4.79 Å². The second kappa shape index (κ2) is 10.2. The number of hydrogen-bond donors (Lipinski definition) is 1. The van der Waals surface area contributed by atoms with Gasteiger partial charge in [0.2, 0.25) is 0 Å². The zero-order valence-electron chi connectivity index (χ0n) is 16.4. The highest BCUT2D eigenvalue weighted by Crippen LogP contribution is 2.17. The highest BCUT2D eigenvalue weighted by Gasteiger charge is 2.18. The third-order valence-corrected chi connectivity index (χ3v) is 5.15. The first kappa shape index (κ1) is 20.4. The average molecular weight is 399 g/mol. The molecule has 0 amide bonds. The Hall–Kier alpha value is -2.38. The summed E-state index contributed by atoms with van der Waals surface area (Å²) >= 11 is 1.78. The lowest BCUT2D eigenvalue weighted by atomic mass is 9.99. The molecule has 148 valence electrons. The van der Waals surface area contributed by atoms with E-state index in [0.717, 1.165) is 46.5 Å². The first-order chi connectivity index (χ1) is 13.6. The quantitative estimate of drug-likeness (QED) is 0.655. The van der Waals surface area contributed by atoms with Crippen LogP contribution in [0, 0.1) is 0 Å². The summed E-state index contributed by atoms with van der Waals surface area (Å²) in [6.45, 7) is 1.49. The molecule has 0 unspecified atom stereocenters. The number of carbonyl (C=O) groups is 1. The summed E-state index contributed by atoms with van der Waals surface area (Å²) in [6.07, 6.45) is 6.23. The van der Waals surface area contributed by atoms with Gasteiger partial charge in [-0.25, -0.2) is 0 Å². The third kappa shape index (κ3) is 6.35. The lowest BCUT2D eigenvalue weighted by molar-refractivity contribution is -0.114. The van der Waals surface area contributed by atoms with Crippen LogP contribution < -0.4 is 5.32 Å². The van der Waals surface area contributed by atoms with Gasteiger partial charge in [0, 0.05) is 36.3 Å². The van der Waals surface area contributed by atoms with E-state index in [1.54, 1.807) is 30.4 Å². The topological polar surface area (TPSA) is 70.7 Å². The van der Waals surface area contributed by atoms with E-state index >= 15 is 0 Å². The minimum absolute atomic E-state index is 0.123. The van der Waals surface area contributed by atoms with Gasteiger partial charge in [-0.05, 0) is 37.9 Å². The molecule has 6 nitrogen and oxygen atoms in total. The van der Waals surface area contributed by atoms with Crippen molar-refractivity contribution in [1.82, 2.24) is 15.2 Å². The van der Waals surface area contributed by atoms with E-state index in [0.29, 0.717) is 19.4 Å². The minimum atomic E-state index is 0.123. The molecule has 0 atom stereocenters. The minimum Gasteiger partial charge on any atom is -0.464 e. The molecule has 0 radical (unpaired) electrons. The summed E-state index contributed by atoms with van der Waals surface area (Å²) in [5.74, 6) is 4.56. The molecule has 1 N–H and O–H groups in total. The molecule has 0 aromatic carbocycles. The number of nitrogens with one attached hydrogen (secondary N) is 1. The first-order valence-electron chi connectivity index (χ1n) is 9.31. The maximum Gasteiger partial charge on any atom is 0.168 e. The van der Waals surface area contributed by atoms with Crippen LogP contribution in [0.4, 0.5) is 0 Å². The van der Waals surface area contributed by atoms with Gasteiger partial charge in [-0.1, -0.05) is 6.07 Å². The van der Waals surface area contributed by atoms with E-state index in [1.807, 2.05) is 38.4 Å². The van der Waals surface area contributed by atoms with Crippen molar-refractivity contribution in [3.63, 3.8) is 0 Å². The van der Waals surface area contributed by atoms with Crippen molar-refractivity contribution in [1.29, 1.82) is 0 Å². The normalized spacial score (nSPS) is 15.8. The van der Waals surface area contributed by atoms with Crippen LogP contribution in [0.2, 0.25) is 0 Å². The van der Waals surface area contributed by atoms with Gasteiger partial charge >= 0.3 is 0 Å². The molecule has 7 heteroatoms. The molecular weight excluding hydrogens is 372 g/mol. The molecule has 0 spiro atoms. The van der Waals surface area contributed by atoms with Gasteiger partial charge in [0.15, 0.2) is 5.78 Å². The Bertz CT molecular complexity index is 843. The van der Waals surface area contributed by atoms with Crippen molar-refractivity contribution in [3.05, 3.63) is 65.5 Å². The summed E-state index contributed by atoms with van der Waals surface area (Å²) in [6, 6.07) is 7.92. The fraction of sp³-hybridized carbons (Fsp3) is 0.381. The number of rotatable bonds is 9.